The molecule has 1 unspecified atom stereocenters. The van der Waals surface area contributed by atoms with Crippen molar-refractivity contribution in [2.75, 3.05) is 25.0 Å². The fourth-order valence-corrected chi connectivity index (χ4v) is 3.82. The Morgan fingerprint density at radius 1 is 1.40 bits per heavy atom. The van der Waals surface area contributed by atoms with E-state index >= 15 is 0 Å². The molecule has 0 bridgehead atoms. The highest BCUT2D eigenvalue weighted by atomic mass is 32.2. The van der Waals surface area contributed by atoms with E-state index in [1.54, 1.807) is 11.8 Å². The molecule has 0 aliphatic carbocycles. The van der Waals surface area contributed by atoms with Crippen molar-refractivity contribution < 1.29 is 9.59 Å². The van der Waals surface area contributed by atoms with Crippen LogP contribution in [0.5, 0.6) is 0 Å². The van der Waals surface area contributed by atoms with Crippen molar-refractivity contribution in [2.45, 2.75) is 36.3 Å². The van der Waals surface area contributed by atoms with Crippen molar-refractivity contribution in [1.29, 1.82) is 5.26 Å². The second-order valence-electron chi connectivity index (χ2n) is 6.29. The van der Waals surface area contributed by atoms with Gasteiger partial charge in [-0.25, -0.2) is 0 Å². The first-order valence-corrected chi connectivity index (χ1v) is 9.31. The molecule has 1 aliphatic heterocycles. The summed E-state index contributed by atoms with van der Waals surface area (Å²) >= 11 is 1.58. The van der Waals surface area contributed by atoms with Crippen molar-refractivity contribution in [1.82, 2.24) is 4.90 Å². The molecule has 1 heterocycles. The number of nitriles is 1. The van der Waals surface area contributed by atoms with Crippen LogP contribution in [0.25, 0.3) is 0 Å². The number of primary amides is 1. The number of benzene rings is 1. The van der Waals surface area contributed by atoms with Crippen molar-refractivity contribution in [3.8, 4) is 6.07 Å². The summed E-state index contributed by atoms with van der Waals surface area (Å²) in [6.07, 6.45) is 1.88. The molecule has 1 aliphatic rings. The SMILES string of the molecule is CC(CC#N)Sc1ccccc1NC(=O)CN1CCC(C(N)=O)CC1. The van der Waals surface area contributed by atoms with Crippen LogP contribution in [0.2, 0.25) is 0 Å². The average Bonchev–Trinajstić information content (AvgIpc) is 2.57. The predicted octanol–water partition coefficient (Wildman–Crippen LogP) is 2.22. The molecule has 3 N–H and O–H groups in total. The number of hydrogen-bond acceptors (Lipinski definition) is 5. The Balaban J connectivity index is 1.89. The highest BCUT2D eigenvalue weighted by Crippen LogP contribution is 2.31. The second kappa shape index (κ2) is 9.44. The maximum absolute atomic E-state index is 12.4. The Bertz CT molecular complexity index is 651. The molecule has 0 aromatic heterocycles. The van der Waals surface area contributed by atoms with Gasteiger partial charge in [-0.15, -0.1) is 11.8 Å². The highest BCUT2D eigenvalue weighted by molar-refractivity contribution is 8.00. The maximum Gasteiger partial charge on any atom is 0.238 e. The number of nitrogens with two attached hydrogens (primary N) is 1. The summed E-state index contributed by atoms with van der Waals surface area (Å²) in [4.78, 5) is 26.6. The molecule has 2 rings (SSSR count). The number of rotatable bonds is 7. The molecule has 1 fully saturated rings. The number of nitrogens with zero attached hydrogens (tertiary/aromatic N) is 2. The topological polar surface area (TPSA) is 99.2 Å². The molecule has 6 nitrogen and oxygen atoms in total. The van der Waals surface area contributed by atoms with E-state index in [2.05, 4.69) is 11.4 Å². The van der Waals surface area contributed by atoms with Crippen LogP contribution in [0.15, 0.2) is 29.2 Å². The molecule has 1 aromatic rings. The van der Waals surface area contributed by atoms with Crippen LogP contribution in [0.3, 0.4) is 0 Å². The van der Waals surface area contributed by atoms with E-state index in [1.165, 1.54) is 0 Å². The lowest BCUT2D eigenvalue weighted by Crippen LogP contribution is -2.42. The number of nitrogens with one attached hydrogen (secondary N) is 1. The fraction of sp³-hybridized carbons (Fsp3) is 0.500. The Morgan fingerprint density at radius 2 is 2.08 bits per heavy atom. The van der Waals surface area contributed by atoms with E-state index in [0.29, 0.717) is 38.9 Å². The molecular weight excluding hydrogens is 336 g/mol. The van der Waals surface area contributed by atoms with Gasteiger partial charge in [0.1, 0.15) is 0 Å². The molecule has 1 aromatic carbocycles. The minimum absolute atomic E-state index is 0.0708. The first-order chi connectivity index (χ1) is 12.0. The zero-order valence-electron chi connectivity index (χ0n) is 14.4. The number of anilines is 1. The number of thioether (sulfide) groups is 1. The van der Waals surface area contributed by atoms with E-state index in [1.807, 2.05) is 36.1 Å². The van der Waals surface area contributed by atoms with Gasteiger partial charge in [0, 0.05) is 22.5 Å². The average molecular weight is 360 g/mol. The summed E-state index contributed by atoms with van der Waals surface area (Å²) < 4.78 is 0. The first-order valence-electron chi connectivity index (χ1n) is 8.43. The molecule has 134 valence electrons. The summed E-state index contributed by atoms with van der Waals surface area (Å²) in [5.41, 5.74) is 6.11. The molecule has 0 spiro atoms. The van der Waals surface area contributed by atoms with Gasteiger partial charge in [-0.2, -0.15) is 5.26 Å². The fourth-order valence-electron chi connectivity index (χ4n) is 2.83. The minimum Gasteiger partial charge on any atom is -0.369 e. The number of amides is 2. The molecule has 25 heavy (non-hydrogen) atoms. The number of carbonyl (C=O) groups is 2. The Labute approximate surface area is 152 Å². The van der Waals surface area contributed by atoms with Crippen LogP contribution in [0.1, 0.15) is 26.2 Å². The molecule has 1 saturated heterocycles. The van der Waals surface area contributed by atoms with Crippen LogP contribution >= 0.6 is 11.8 Å². The number of carbonyl (C=O) groups excluding carboxylic acids is 2. The normalized spacial score (nSPS) is 16.8. The van der Waals surface area contributed by atoms with Crippen molar-refractivity contribution >= 4 is 29.3 Å². The number of piperidine rings is 1. The Kier molecular flexibility index (Phi) is 7.29. The maximum atomic E-state index is 12.4. The van der Waals surface area contributed by atoms with Crippen molar-refractivity contribution in [3.05, 3.63) is 24.3 Å². The van der Waals surface area contributed by atoms with E-state index in [-0.39, 0.29) is 23.0 Å². The lowest BCUT2D eigenvalue weighted by molar-refractivity contribution is -0.123. The zero-order valence-corrected chi connectivity index (χ0v) is 15.2. The standard InChI is InChI=1S/C18H24N4O2S/c1-13(6-9-19)25-16-5-3-2-4-15(16)21-17(23)12-22-10-7-14(8-11-22)18(20)24/h2-5,13-14H,6-8,10-12H2,1H3,(H2,20,24)(H,21,23). The summed E-state index contributed by atoms with van der Waals surface area (Å²) in [6, 6.07) is 9.79. The third-order valence-corrected chi connectivity index (χ3v) is 5.40. The van der Waals surface area contributed by atoms with Gasteiger partial charge in [0.15, 0.2) is 0 Å². The van der Waals surface area contributed by atoms with Gasteiger partial charge in [0.25, 0.3) is 0 Å². The van der Waals surface area contributed by atoms with Crippen molar-refractivity contribution in [3.63, 3.8) is 0 Å². The quantitative estimate of drug-likeness (QED) is 0.726. The molecule has 0 radical (unpaired) electrons. The number of para-hydroxylation sites is 1. The van der Waals surface area contributed by atoms with E-state index in [4.69, 9.17) is 11.0 Å². The summed E-state index contributed by atoms with van der Waals surface area (Å²) in [5, 5.41) is 11.9. The van der Waals surface area contributed by atoms with E-state index in [0.717, 1.165) is 10.6 Å². The van der Waals surface area contributed by atoms with Gasteiger partial charge in [-0.05, 0) is 38.1 Å². The smallest absolute Gasteiger partial charge is 0.238 e. The van der Waals surface area contributed by atoms with E-state index < -0.39 is 0 Å². The summed E-state index contributed by atoms with van der Waals surface area (Å²) in [6.45, 7) is 3.71. The van der Waals surface area contributed by atoms with Crippen LogP contribution in [-0.2, 0) is 9.59 Å². The third kappa shape index (κ3) is 6.07. The van der Waals surface area contributed by atoms with Gasteiger partial charge in [0.05, 0.1) is 18.3 Å². The molecule has 2 amide bonds. The van der Waals surface area contributed by atoms with Gasteiger partial charge in [-0.3, -0.25) is 14.5 Å². The van der Waals surface area contributed by atoms with Crippen LogP contribution in [0, 0.1) is 17.2 Å². The van der Waals surface area contributed by atoms with Gasteiger partial charge >= 0.3 is 0 Å². The van der Waals surface area contributed by atoms with Gasteiger partial charge < -0.3 is 11.1 Å². The molecule has 7 heteroatoms. The number of likely N-dealkylation sites (tertiary alicyclic amines) is 1. The summed E-state index contributed by atoms with van der Waals surface area (Å²) in [5.74, 6) is -0.391. The highest BCUT2D eigenvalue weighted by Gasteiger charge is 2.24. The molecule has 1 atom stereocenters. The minimum atomic E-state index is -0.249. The van der Waals surface area contributed by atoms with E-state index in [9.17, 15) is 9.59 Å². The first kappa shape index (κ1) is 19.3. The van der Waals surface area contributed by atoms with Crippen LogP contribution in [-0.4, -0.2) is 41.6 Å². The summed E-state index contributed by atoms with van der Waals surface area (Å²) in [7, 11) is 0. The predicted molar refractivity (Wildman–Crippen MR) is 99.0 cm³/mol. The number of hydrogen-bond donors (Lipinski definition) is 2. The lowest BCUT2D eigenvalue weighted by atomic mass is 9.96. The zero-order chi connectivity index (χ0) is 18.2. The molecule has 0 saturated carbocycles. The Morgan fingerprint density at radius 3 is 2.72 bits per heavy atom. The van der Waals surface area contributed by atoms with Crippen LogP contribution in [0.4, 0.5) is 5.69 Å². The van der Waals surface area contributed by atoms with Gasteiger partial charge in [-0.1, -0.05) is 19.1 Å². The monoisotopic (exact) mass is 360 g/mol. The second-order valence-corrected chi connectivity index (χ2v) is 7.77. The van der Waals surface area contributed by atoms with Crippen molar-refractivity contribution in [2.24, 2.45) is 11.7 Å². The molecular formula is C18H24N4O2S. The van der Waals surface area contributed by atoms with Crippen LogP contribution < -0.4 is 11.1 Å². The van der Waals surface area contributed by atoms with Gasteiger partial charge in [0.2, 0.25) is 11.8 Å². The third-order valence-electron chi connectivity index (χ3n) is 4.23. The Hall–Kier alpha value is -2.04. The largest absolute Gasteiger partial charge is 0.369 e. The lowest BCUT2D eigenvalue weighted by Gasteiger charge is -2.29.